The number of amides is 4. The molecule has 26 atom stereocenters. The van der Waals surface area contributed by atoms with Crippen LogP contribution in [0.4, 0.5) is 0 Å². The predicted molar refractivity (Wildman–Crippen MR) is 230 cm³/mol. The molecule has 33 heteroatoms. The summed E-state index contributed by atoms with van der Waals surface area (Å²) in [5.41, 5.74) is 0. The number of carboxylic acids is 1. The zero-order valence-electron chi connectivity index (χ0n) is 40.1. The molecule has 0 radical (unpaired) electrons. The number of aliphatic hydroxyl groups excluding tert-OH is 14. The lowest BCUT2D eigenvalue weighted by Gasteiger charge is -2.52. The van der Waals surface area contributed by atoms with Crippen LogP contribution in [0.2, 0.25) is 0 Å². The van der Waals surface area contributed by atoms with Crippen LogP contribution < -0.4 is 21.3 Å². The quantitative estimate of drug-likeness (QED) is 0.0538. The van der Waals surface area contributed by atoms with Gasteiger partial charge in [0.1, 0.15) is 116 Å². The number of aliphatic carboxylic acids is 1. The molecule has 5 fully saturated rings. The molecule has 5 aliphatic heterocycles. The molecule has 0 aromatic rings. The highest BCUT2D eigenvalue weighted by molar-refractivity contribution is 5.77. The van der Waals surface area contributed by atoms with E-state index in [0.717, 1.165) is 27.7 Å². The summed E-state index contributed by atoms with van der Waals surface area (Å²) in [5, 5.41) is 172. The molecule has 0 saturated carbocycles. The van der Waals surface area contributed by atoms with Crippen molar-refractivity contribution in [3.63, 3.8) is 0 Å². The number of rotatable bonds is 20. The van der Waals surface area contributed by atoms with Gasteiger partial charge in [-0.3, -0.25) is 19.2 Å². The van der Waals surface area contributed by atoms with Crippen molar-refractivity contribution in [1.82, 2.24) is 21.3 Å². The average Bonchev–Trinajstić information content (AvgIpc) is 3.33. The summed E-state index contributed by atoms with van der Waals surface area (Å²) in [6, 6.07) is -6.85. The number of aliphatic hydroxyl groups is 14. The first-order valence-corrected chi connectivity index (χ1v) is 23.2. The molecule has 5 aliphatic rings. The standard InChI is InChI=1S/C41H68N4O29/c1-11(51)42-21-15(55)5-41(40(64)65,73-34(21)25(57)16(56)6-46)74-35-30(62)39(69-20(10-50)33(35)72-37-23(44-13(3)53)27(59)26(58)17(7-47)67-37)71-32-19(9-49)68-38(24(29(32)61)45-14(4)54)70-31-18(8-48)66-36(63)22(28(31)60)43-12(2)52/h15-39,46-50,55-63H,5-10H2,1-4H3,(H,42,51)(H,43,52)(H,44,53)(H,45,54)(H,64,65)/t15-,16+,17+,18+,19+,20+,21+,22+,23+,24+,25+,26-,27+,28+,29+,30+,31+,32+,33-,34+,35+,36+,37-,38-,39-,41-/m0/s1. The molecular formula is C41H68N4O29. The fourth-order valence-electron chi connectivity index (χ4n) is 9.35. The summed E-state index contributed by atoms with van der Waals surface area (Å²) >= 11 is 0. The lowest BCUT2D eigenvalue weighted by atomic mass is 9.88. The summed E-state index contributed by atoms with van der Waals surface area (Å²) < 4.78 is 52.7. The van der Waals surface area contributed by atoms with Crippen molar-refractivity contribution in [3.05, 3.63) is 0 Å². The van der Waals surface area contributed by atoms with Crippen LogP contribution in [0.5, 0.6) is 0 Å². The van der Waals surface area contributed by atoms with E-state index in [1.165, 1.54) is 0 Å². The van der Waals surface area contributed by atoms with Crippen LogP contribution in [0, 0.1) is 0 Å². The lowest BCUT2D eigenvalue weighted by molar-refractivity contribution is -0.400. The van der Waals surface area contributed by atoms with Gasteiger partial charge in [-0.25, -0.2) is 4.79 Å². The van der Waals surface area contributed by atoms with Crippen molar-refractivity contribution < 1.29 is 143 Å². The number of carbonyl (C=O) groups excluding carboxylic acids is 4. The van der Waals surface area contributed by atoms with Crippen LogP contribution >= 0.6 is 0 Å². The maximum absolute atomic E-state index is 13.5. The second kappa shape index (κ2) is 26.2. The molecular weight excluding hydrogens is 1010 g/mol. The van der Waals surface area contributed by atoms with Crippen LogP contribution in [0.15, 0.2) is 0 Å². The van der Waals surface area contributed by atoms with Crippen molar-refractivity contribution in [2.45, 2.75) is 193 Å². The predicted octanol–water partition coefficient (Wildman–Crippen LogP) is -12.1. The Labute approximate surface area is 419 Å². The van der Waals surface area contributed by atoms with Crippen molar-refractivity contribution in [2.75, 3.05) is 33.0 Å². The maximum Gasteiger partial charge on any atom is 0.364 e. The van der Waals surface area contributed by atoms with Gasteiger partial charge in [-0.15, -0.1) is 0 Å². The number of ether oxygens (including phenoxy) is 9. The topological polar surface area (TPSA) is 520 Å². The number of hydrogen-bond donors (Lipinski definition) is 19. The minimum Gasteiger partial charge on any atom is -0.477 e. The van der Waals surface area contributed by atoms with Crippen LogP contribution in [-0.2, 0) is 66.6 Å². The fourth-order valence-corrected chi connectivity index (χ4v) is 9.35. The van der Waals surface area contributed by atoms with Gasteiger partial charge in [0.2, 0.25) is 23.6 Å². The molecule has 0 bridgehead atoms. The summed E-state index contributed by atoms with van der Waals surface area (Å²) in [7, 11) is 0. The monoisotopic (exact) mass is 1080 g/mol. The number of carbonyl (C=O) groups is 5. The largest absolute Gasteiger partial charge is 0.477 e. The first-order chi connectivity index (χ1) is 34.8. The Kier molecular flexibility index (Phi) is 21.7. The lowest BCUT2D eigenvalue weighted by Crippen LogP contribution is -2.72. The highest BCUT2D eigenvalue weighted by Crippen LogP contribution is 2.40. The zero-order valence-corrected chi connectivity index (χ0v) is 40.1. The molecule has 5 heterocycles. The van der Waals surface area contributed by atoms with E-state index < -0.39 is 228 Å². The fraction of sp³-hybridized carbons (Fsp3) is 0.878. The Morgan fingerprint density at radius 1 is 0.527 bits per heavy atom. The van der Waals surface area contributed by atoms with Gasteiger partial charge in [0.05, 0.1) is 45.2 Å². The Morgan fingerprint density at radius 3 is 1.45 bits per heavy atom. The minimum atomic E-state index is -3.32. The average molecular weight is 1080 g/mol. The molecule has 4 amide bonds. The molecule has 0 unspecified atom stereocenters. The molecule has 19 N–H and O–H groups in total. The summed E-state index contributed by atoms with van der Waals surface area (Å²) in [6.45, 7) is -1.39. The first-order valence-electron chi connectivity index (χ1n) is 23.2. The molecule has 0 spiro atoms. The van der Waals surface area contributed by atoms with Gasteiger partial charge >= 0.3 is 5.97 Å². The van der Waals surface area contributed by atoms with Crippen molar-refractivity contribution in [1.29, 1.82) is 0 Å². The SMILES string of the molecule is CC(=O)N[C@@H]1[C@@H](O)[C@H](O[C@@H]2O[C@H](CO)[C@@H](O[C@@H]3O[C@H](CO)[C@H](O[C@@H]4O[C@H](CO)[C@H](O)[C@H](O)[C@H]4NC(C)=O)[C@H](O[C@]4(C(=O)O)C[C@H](O)[C@@H](NC(C)=O)[C@H]([C@H](O)[C@H](O)CO)O4)[C@H]3O)[C@H](O)[C@H]2NC(C)=O)[C@@H](CO)O[C@H]1O. The Morgan fingerprint density at radius 2 is 0.946 bits per heavy atom. The summed E-state index contributed by atoms with van der Waals surface area (Å²) in [4.78, 5) is 62.5. The van der Waals surface area contributed by atoms with Gasteiger partial charge in [0.25, 0.3) is 5.79 Å². The van der Waals surface area contributed by atoms with E-state index >= 15 is 0 Å². The van der Waals surface area contributed by atoms with Crippen molar-refractivity contribution in [3.8, 4) is 0 Å². The maximum atomic E-state index is 13.5. The van der Waals surface area contributed by atoms with E-state index in [-0.39, 0.29) is 0 Å². The molecule has 426 valence electrons. The van der Waals surface area contributed by atoms with Gasteiger partial charge in [-0.1, -0.05) is 0 Å². The molecule has 74 heavy (non-hydrogen) atoms. The van der Waals surface area contributed by atoms with Gasteiger partial charge in [0, 0.05) is 34.1 Å². The Hall–Kier alpha value is -3.57. The van der Waals surface area contributed by atoms with Crippen LogP contribution in [0.1, 0.15) is 34.1 Å². The number of carboxylic acid groups (broad SMARTS) is 1. The second-order valence-electron chi connectivity index (χ2n) is 18.3. The molecule has 0 aliphatic carbocycles. The van der Waals surface area contributed by atoms with E-state index in [4.69, 9.17) is 42.6 Å². The molecule has 5 rings (SSSR count). The molecule has 33 nitrogen and oxygen atoms in total. The van der Waals surface area contributed by atoms with Gasteiger partial charge in [-0.2, -0.15) is 0 Å². The smallest absolute Gasteiger partial charge is 0.364 e. The molecule has 0 aromatic heterocycles. The van der Waals surface area contributed by atoms with E-state index in [1.54, 1.807) is 0 Å². The number of hydrogen-bond acceptors (Lipinski definition) is 28. The zero-order chi connectivity index (χ0) is 55.3. The van der Waals surface area contributed by atoms with Gasteiger partial charge in [-0.05, 0) is 0 Å². The van der Waals surface area contributed by atoms with E-state index in [1.807, 2.05) is 0 Å². The third kappa shape index (κ3) is 13.6. The number of nitrogens with one attached hydrogen (secondary N) is 4. The molecule has 5 saturated heterocycles. The minimum absolute atomic E-state index is 0.733. The summed E-state index contributed by atoms with van der Waals surface area (Å²) in [5.74, 6) is -8.76. The van der Waals surface area contributed by atoms with Gasteiger partial charge < -0.3 is 140 Å². The van der Waals surface area contributed by atoms with Crippen LogP contribution in [0.3, 0.4) is 0 Å². The van der Waals surface area contributed by atoms with Gasteiger partial charge in [0.15, 0.2) is 25.2 Å². The van der Waals surface area contributed by atoms with E-state index in [0.29, 0.717) is 0 Å². The molecule has 0 aromatic carbocycles. The Bertz CT molecular complexity index is 1900. The second-order valence-corrected chi connectivity index (χ2v) is 18.3. The summed E-state index contributed by atoms with van der Waals surface area (Å²) in [6.07, 6.45) is -43.7. The third-order valence-corrected chi connectivity index (χ3v) is 12.9. The Balaban J connectivity index is 1.57. The first kappa shape index (κ1) is 61.3. The van der Waals surface area contributed by atoms with Crippen LogP contribution in [0.25, 0.3) is 0 Å². The highest BCUT2D eigenvalue weighted by atomic mass is 16.8. The van der Waals surface area contributed by atoms with Crippen molar-refractivity contribution in [2.24, 2.45) is 0 Å². The highest BCUT2D eigenvalue weighted by Gasteiger charge is 2.62. The third-order valence-electron chi connectivity index (χ3n) is 12.9. The van der Waals surface area contributed by atoms with Crippen molar-refractivity contribution >= 4 is 29.6 Å². The normalized spacial score (nSPS) is 43.6. The van der Waals surface area contributed by atoms with Crippen LogP contribution in [-0.4, -0.2) is 298 Å². The van der Waals surface area contributed by atoms with E-state index in [9.17, 15) is 101 Å². The van der Waals surface area contributed by atoms with E-state index in [2.05, 4.69) is 21.3 Å².